The highest BCUT2D eigenvalue weighted by molar-refractivity contribution is 6.00. The number of amides is 3. The molecule has 0 saturated heterocycles. The van der Waals surface area contributed by atoms with Gasteiger partial charge in [-0.1, -0.05) is 30.3 Å². The van der Waals surface area contributed by atoms with Gasteiger partial charge in [-0.25, -0.2) is 4.79 Å². The molecule has 10 nitrogen and oxygen atoms in total. The molecular weight excluding hydrogens is 464 g/mol. The number of benzene rings is 2. The van der Waals surface area contributed by atoms with Gasteiger partial charge in [0.15, 0.2) is 0 Å². The number of carbonyl (C=O) groups is 3. The van der Waals surface area contributed by atoms with E-state index in [2.05, 4.69) is 10.6 Å². The molecule has 10 heteroatoms. The molecule has 0 fully saturated rings. The van der Waals surface area contributed by atoms with E-state index < -0.39 is 48.7 Å². The quantitative estimate of drug-likeness (QED) is 0.410. The molecule has 2 unspecified atom stereocenters. The highest BCUT2D eigenvalue weighted by Crippen LogP contribution is 2.27. The van der Waals surface area contributed by atoms with Crippen molar-refractivity contribution in [2.24, 2.45) is 0 Å². The van der Waals surface area contributed by atoms with Crippen LogP contribution in [0.5, 0.6) is 5.75 Å². The Morgan fingerprint density at radius 2 is 1.67 bits per heavy atom. The number of nitrogens with zero attached hydrogens (tertiary/aromatic N) is 2. The summed E-state index contributed by atoms with van der Waals surface area (Å²) in [5.41, 5.74) is 1.62. The maximum atomic E-state index is 13.6. The number of aliphatic hydroxyl groups is 1. The third-order valence-corrected chi connectivity index (χ3v) is 5.19. The predicted octanol–water partition coefficient (Wildman–Crippen LogP) is 2.93. The number of aromatic hydroxyl groups is 1. The van der Waals surface area contributed by atoms with E-state index in [-0.39, 0.29) is 5.75 Å². The minimum Gasteiger partial charge on any atom is -0.508 e. The second-order valence-corrected chi connectivity index (χ2v) is 9.26. The molecule has 0 bridgehead atoms. The van der Waals surface area contributed by atoms with Gasteiger partial charge in [-0.05, 0) is 63.4 Å². The van der Waals surface area contributed by atoms with Gasteiger partial charge < -0.3 is 30.5 Å². The van der Waals surface area contributed by atoms with Crippen molar-refractivity contribution in [3.8, 4) is 11.8 Å². The van der Waals surface area contributed by atoms with Crippen LogP contribution in [0.25, 0.3) is 0 Å². The molecule has 0 radical (unpaired) electrons. The van der Waals surface area contributed by atoms with E-state index in [0.29, 0.717) is 11.3 Å². The number of phenolic OH excluding ortho intramolecular Hbond substituents is 1. The van der Waals surface area contributed by atoms with Gasteiger partial charge in [0.2, 0.25) is 5.91 Å². The number of rotatable bonds is 8. The summed E-state index contributed by atoms with van der Waals surface area (Å²) >= 11 is 0. The van der Waals surface area contributed by atoms with Crippen LogP contribution < -0.4 is 10.6 Å². The number of ether oxygens (including phenoxy) is 1. The minimum absolute atomic E-state index is 0.0503. The Labute approximate surface area is 210 Å². The van der Waals surface area contributed by atoms with Crippen molar-refractivity contribution in [3.63, 3.8) is 0 Å². The number of hydrogen-bond acceptors (Lipinski definition) is 7. The highest BCUT2D eigenvalue weighted by atomic mass is 16.6. The molecule has 0 saturated carbocycles. The number of phenols is 1. The molecule has 0 aliphatic heterocycles. The Balaban J connectivity index is 2.48. The molecule has 0 heterocycles. The van der Waals surface area contributed by atoms with Crippen molar-refractivity contribution < 1.29 is 29.3 Å². The van der Waals surface area contributed by atoms with Crippen LogP contribution in [0, 0.1) is 25.2 Å². The Hall–Kier alpha value is -4.10. The van der Waals surface area contributed by atoms with Gasteiger partial charge in [-0.2, -0.15) is 5.26 Å². The third-order valence-electron chi connectivity index (χ3n) is 5.19. The Bertz CT molecular complexity index is 1110. The van der Waals surface area contributed by atoms with Crippen molar-refractivity contribution in [1.29, 1.82) is 5.26 Å². The van der Waals surface area contributed by atoms with Crippen LogP contribution in [0.4, 0.5) is 10.5 Å². The number of aliphatic hydroxyl groups excluding tert-OH is 1. The number of hydrogen-bond donors (Lipinski definition) is 4. The minimum atomic E-state index is -1.47. The first kappa shape index (κ1) is 28.1. The van der Waals surface area contributed by atoms with E-state index in [1.807, 2.05) is 38.1 Å². The van der Waals surface area contributed by atoms with Crippen molar-refractivity contribution >= 4 is 23.6 Å². The number of carbonyl (C=O) groups excluding carboxylic acids is 3. The monoisotopic (exact) mass is 496 g/mol. The number of anilines is 1. The molecule has 2 aromatic rings. The van der Waals surface area contributed by atoms with Gasteiger partial charge in [0.25, 0.3) is 5.91 Å². The van der Waals surface area contributed by atoms with E-state index in [1.54, 1.807) is 20.8 Å². The first-order chi connectivity index (χ1) is 16.9. The van der Waals surface area contributed by atoms with E-state index >= 15 is 0 Å². The van der Waals surface area contributed by atoms with E-state index in [0.717, 1.165) is 16.0 Å². The summed E-state index contributed by atoms with van der Waals surface area (Å²) < 4.78 is 5.17. The van der Waals surface area contributed by atoms with Crippen LogP contribution in [0.1, 0.15) is 43.5 Å². The lowest BCUT2D eigenvalue weighted by atomic mass is 10.0. The molecule has 0 aliphatic carbocycles. The number of aryl methyl sites for hydroxylation is 2. The largest absolute Gasteiger partial charge is 0.508 e. The van der Waals surface area contributed by atoms with E-state index in [9.17, 15) is 29.9 Å². The smallest absolute Gasteiger partial charge is 0.408 e. The fraction of sp³-hybridized carbons (Fsp3) is 0.385. The lowest BCUT2D eigenvalue weighted by Gasteiger charge is -2.32. The first-order valence-electron chi connectivity index (χ1n) is 11.3. The summed E-state index contributed by atoms with van der Waals surface area (Å²) in [6, 6.07) is 10.2. The fourth-order valence-corrected chi connectivity index (χ4v) is 3.54. The second kappa shape index (κ2) is 12.0. The highest BCUT2D eigenvalue weighted by Gasteiger charge is 2.36. The van der Waals surface area contributed by atoms with Crippen LogP contribution in [0.2, 0.25) is 0 Å². The Morgan fingerprint density at radius 3 is 2.17 bits per heavy atom. The van der Waals surface area contributed by atoms with Gasteiger partial charge >= 0.3 is 6.09 Å². The van der Waals surface area contributed by atoms with Gasteiger partial charge in [0.1, 0.15) is 30.0 Å². The fourth-order valence-electron chi connectivity index (χ4n) is 3.54. The summed E-state index contributed by atoms with van der Waals surface area (Å²) in [7, 11) is 0. The van der Waals surface area contributed by atoms with Crippen LogP contribution in [-0.2, 0) is 14.3 Å². The number of nitriles is 1. The molecule has 0 spiro atoms. The number of alkyl carbamates (subject to hydrolysis) is 1. The second-order valence-electron chi connectivity index (χ2n) is 9.26. The molecule has 192 valence electrons. The molecule has 2 atom stereocenters. The molecule has 0 aromatic heterocycles. The average molecular weight is 497 g/mol. The normalized spacial score (nSPS) is 12.6. The molecule has 2 rings (SSSR count). The molecule has 0 aliphatic rings. The molecule has 4 N–H and O–H groups in total. The zero-order chi connectivity index (χ0) is 27.0. The van der Waals surface area contributed by atoms with Gasteiger partial charge in [0, 0.05) is 5.69 Å². The summed E-state index contributed by atoms with van der Waals surface area (Å²) in [6.45, 7) is 7.26. The van der Waals surface area contributed by atoms with E-state index in [4.69, 9.17) is 4.74 Å². The van der Waals surface area contributed by atoms with Gasteiger partial charge in [-0.3, -0.25) is 9.59 Å². The summed E-state index contributed by atoms with van der Waals surface area (Å²) in [5, 5.41) is 34.2. The topological polar surface area (TPSA) is 152 Å². The third kappa shape index (κ3) is 7.45. The van der Waals surface area contributed by atoms with Gasteiger partial charge in [0.05, 0.1) is 12.7 Å². The molecule has 2 aromatic carbocycles. The van der Waals surface area contributed by atoms with E-state index in [1.165, 1.54) is 24.3 Å². The Morgan fingerprint density at radius 1 is 1.08 bits per heavy atom. The summed E-state index contributed by atoms with van der Waals surface area (Å²) in [5.74, 6) is -1.53. The zero-order valence-corrected chi connectivity index (χ0v) is 21.0. The lowest BCUT2D eigenvalue weighted by Crippen LogP contribution is -2.54. The zero-order valence-electron chi connectivity index (χ0n) is 21.0. The van der Waals surface area contributed by atoms with Crippen LogP contribution in [0.3, 0.4) is 0 Å². The number of para-hydroxylation sites is 1. The SMILES string of the molecule is Cc1cccc(C)c1NC(=O)C(c1ccc(O)cc1)N(CC#N)C(=O)C(CO)NC(=O)OC(C)(C)C. The van der Waals surface area contributed by atoms with Crippen molar-refractivity contribution in [2.75, 3.05) is 18.5 Å². The van der Waals surface area contributed by atoms with Crippen LogP contribution in [-0.4, -0.2) is 57.8 Å². The summed E-state index contributed by atoms with van der Waals surface area (Å²) in [6.07, 6.45) is -0.937. The first-order valence-corrected chi connectivity index (χ1v) is 11.3. The maximum Gasteiger partial charge on any atom is 0.408 e. The molecular formula is C26H32N4O6. The molecule has 36 heavy (non-hydrogen) atoms. The van der Waals surface area contributed by atoms with Crippen LogP contribution >= 0.6 is 0 Å². The summed E-state index contributed by atoms with van der Waals surface area (Å²) in [4.78, 5) is 40.3. The van der Waals surface area contributed by atoms with Crippen LogP contribution in [0.15, 0.2) is 42.5 Å². The number of nitrogens with one attached hydrogen (secondary N) is 2. The standard InChI is InChI=1S/C26H32N4O6/c1-16-7-6-8-17(2)21(16)29-23(33)22(18-9-11-19(32)12-10-18)30(14-13-27)24(34)20(15-31)28-25(35)36-26(3,4)5/h6-12,20,22,31-32H,14-15H2,1-5H3,(H,28,35)(H,29,33). The van der Waals surface area contributed by atoms with Crippen molar-refractivity contribution in [1.82, 2.24) is 10.2 Å². The predicted molar refractivity (Wildman–Crippen MR) is 133 cm³/mol. The van der Waals surface area contributed by atoms with Crippen molar-refractivity contribution in [3.05, 3.63) is 59.2 Å². The average Bonchev–Trinajstić information content (AvgIpc) is 2.79. The molecule has 3 amide bonds. The maximum absolute atomic E-state index is 13.6. The van der Waals surface area contributed by atoms with Gasteiger partial charge in [-0.15, -0.1) is 0 Å². The lowest BCUT2D eigenvalue weighted by molar-refractivity contribution is -0.140. The van der Waals surface area contributed by atoms with Crippen molar-refractivity contribution in [2.45, 2.75) is 52.3 Å². The Kier molecular flexibility index (Phi) is 9.41.